The Morgan fingerprint density at radius 2 is 2.04 bits per heavy atom. The van der Waals surface area contributed by atoms with Crippen LogP contribution in [0.3, 0.4) is 0 Å². The van der Waals surface area contributed by atoms with Crippen molar-refractivity contribution in [2.75, 3.05) is 13.7 Å². The highest BCUT2D eigenvalue weighted by molar-refractivity contribution is 5.74. The van der Waals surface area contributed by atoms with Crippen molar-refractivity contribution in [1.82, 2.24) is 0 Å². The van der Waals surface area contributed by atoms with Gasteiger partial charge in [0, 0.05) is 13.0 Å². The van der Waals surface area contributed by atoms with Crippen LogP contribution in [0.5, 0.6) is 0 Å². The summed E-state index contributed by atoms with van der Waals surface area (Å²) in [6.45, 7) is 9.62. The van der Waals surface area contributed by atoms with E-state index in [1.807, 2.05) is 6.92 Å². The van der Waals surface area contributed by atoms with E-state index in [2.05, 4.69) is 20.8 Å². The molecule has 1 saturated heterocycles. The number of hydrogen-bond acceptors (Lipinski definition) is 3. The zero-order valence-corrected chi connectivity index (χ0v) is 16.4. The Labute approximate surface area is 152 Å². The SMILES string of the molecule is COC1OCC2CCC(C3(C)CCCC(C)(C)C3)=C(C(C)C(=O)O)C21. The van der Waals surface area contributed by atoms with Gasteiger partial charge in [0.05, 0.1) is 12.5 Å². The zero-order valence-electron chi connectivity index (χ0n) is 16.4. The normalized spacial score (nSPS) is 39.2. The molecule has 0 spiro atoms. The van der Waals surface area contributed by atoms with Crippen LogP contribution >= 0.6 is 0 Å². The Hall–Kier alpha value is -0.870. The molecule has 0 aromatic rings. The largest absolute Gasteiger partial charge is 0.481 e. The molecule has 0 bridgehead atoms. The number of carbonyl (C=O) groups is 1. The second kappa shape index (κ2) is 6.70. The minimum absolute atomic E-state index is 0.0988. The highest BCUT2D eigenvalue weighted by atomic mass is 16.7. The van der Waals surface area contributed by atoms with Gasteiger partial charge < -0.3 is 14.6 Å². The summed E-state index contributed by atoms with van der Waals surface area (Å²) >= 11 is 0. The van der Waals surface area contributed by atoms with E-state index >= 15 is 0 Å². The average molecular weight is 350 g/mol. The third kappa shape index (κ3) is 3.40. The number of allylic oxidation sites excluding steroid dienone is 1. The summed E-state index contributed by atoms with van der Waals surface area (Å²) in [5.41, 5.74) is 2.95. The van der Waals surface area contributed by atoms with Crippen molar-refractivity contribution in [1.29, 1.82) is 0 Å². The van der Waals surface area contributed by atoms with E-state index in [-0.39, 0.29) is 17.6 Å². The molecule has 0 amide bonds. The number of ether oxygens (including phenoxy) is 2. The first-order valence-electron chi connectivity index (χ1n) is 9.79. The van der Waals surface area contributed by atoms with Gasteiger partial charge in [-0.1, -0.05) is 32.8 Å². The number of fused-ring (bicyclic) bond motifs is 1. The molecule has 1 N–H and O–H groups in total. The van der Waals surface area contributed by atoms with Crippen LogP contribution < -0.4 is 0 Å². The summed E-state index contributed by atoms with van der Waals surface area (Å²) in [6, 6.07) is 0. The Morgan fingerprint density at radius 1 is 1.32 bits per heavy atom. The molecule has 142 valence electrons. The molecule has 4 heteroatoms. The lowest BCUT2D eigenvalue weighted by molar-refractivity contribution is -0.141. The van der Waals surface area contributed by atoms with Crippen LogP contribution in [0, 0.1) is 28.6 Å². The summed E-state index contributed by atoms with van der Waals surface area (Å²) in [4.78, 5) is 11.9. The molecular weight excluding hydrogens is 316 g/mol. The van der Waals surface area contributed by atoms with Crippen molar-refractivity contribution in [3.8, 4) is 0 Å². The molecule has 25 heavy (non-hydrogen) atoms. The molecule has 1 heterocycles. The van der Waals surface area contributed by atoms with E-state index in [1.165, 1.54) is 18.4 Å². The summed E-state index contributed by atoms with van der Waals surface area (Å²) in [5, 5.41) is 9.80. The minimum Gasteiger partial charge on any atom is -0.481 e. The second-order valence-corrected chi connectivity index (χ2v) is 9.51. The Bertz CT molecular complexity index is 564. The second-order valence-electron chi connectivity index (χ2n) is 9.51. The van der Waals surface area contributed by atoms with Crippen LogP contribution in [0.4, 0.5) is 0 Å². The average Bonchev–Trinajstić information content (AvgIpc) is 2.95. The molecule has 3 rings (SSSR count). The molecule has 3 aliphatic rings. The molecule has 0 aromatic heterocycles. The number of carboxylic acids is 1. The first kappa shape index (κ1) is 18.9. The van der Waals surface area contributed by atoms with Crippen molar-refractivity contribution in [3.63, 3.8) is 0 Å². The molecule has 5 atom stereocenters. The smallest absolute Gasteiger partial charge is 0.310 e. The van der Waals surface area contributed by atoms with Gasteiger partial charge in [0.2, 0.25) is 0 Å². The maximum atomic E-state index is 11.9. The summed E-state index contributed by atoms with van der Waals surface area (Å²) in [5.74, 6) is -0.704. The van der Waals surface area contributed by atoms with Crippen LogP contribution in [-0.2, 0) is 14.3 Å². The summed E-state index contributed by atoms with van der Waals surface area (Å²) in [7, 11) is 1.68. The Kier molecular flexibility index (Phi) is 5.06. The van der Waals surface area contributed by atoms with E-state index in [1.54, 1.807) is 7.11 Å². The van der Waals surface area contributed by atoms with E-state index < -0.39 is 11.9 Å². The van der Waals surface area contributed by atoms with Gasteiger partial charge in [0.1, 0.15) is 0 Å². The third-order valence-electron chi connectivity index (χ3n) is 7.00. The van der Waals surface area contributed by atoms with Crippen molar-refractivity contribution in [3.05, 3.63) is 11.1 Å². The van der Waals surface area contributed by atoms with Crippen LogP contribution in [0.15, 0.2) is 11.1 Å². The van der Waals surface area contributed by atoms with Gasteiger partial charge in [-0.15, -0.1) is 0 Å². The van der Waals surface area contributed by atoms with E-state index in [0.29, 0.717) is 17.9 Å². The van der Waals surface area contributed by atoms with Crippen LogP contribution in [-0.4, -0.2) is 31.1 Å². The molecule has 2 aliphatic carbocycles. The standard InChI is InChI=1S/C21H34O4/c1-13(18(22)23)16-15(21(4)10-6-9-20(2,3)12-21)8-7-14-11-25-19(24-5)17(14)16/h13-14,17,19H,6-12H2,1-5H3,(H,22,23). The molecule has 5 unspecified atom stereocenters. The fourth-order valence-corrected chi connectivity index (χ4v) is 5.98. The van der Waals surface area contributed by atoms with Gasteiger partial charge in [-0.2, -0.15) is 0 Å². The summed E-state index contributed by atoms with van der Waals surface area (Å²) in [6.07, 6.45) is 6.60. The van der Waals surface area contributed by atoms with Gasteiger partial charge >= 0.3 is 5.97 Å². The highest BCUT2D eigenvalue weighted by Gasteiger charge is 2.50. The van der Waals surface area contributed by atoms with Gasteiger partial charge in [0.15, 0.2) is 6.29 Å². The number of carboxylic acid groups (broad SMARTS) is 1. The first-order valence-corrected chi connectivity index (χ1v) is 9.79. The molecule has 1 saturated carbocycles. The van der Waals surface area contributed by atoms with E-state index in [9.17, 15) is 9.90 Å². The maximum Gasteiger partial charge on any atom is 0.310 e. The lowest BCUT2D eigenvalue weighted by Crippen LogP contribution is -2.39. The zero-order chi connectivity index (χ0) is 18.4. The molecule has 4 nitrogen and oxygen atoms in total. The third-order valence-corrected chi connectivity index (χ3v) is 7.00. The highest BCUT2D eigenvalue weighted by Crippen LogP contribution is 2.56. The quantitative estimate of drug-likeness (QED) is 0.751. The predicted octanol–water partition coefficient (Wildman–Crippen LogP) is 4.64. The van der Waals surface area contributed by atoms with Gasteiger partial charge in [-0.3, -0.25) is 4.79 Å². The number of aliphatic carboxylic acids is 1. The van der Waals surface area contributed by atoms with Gasteiger partial charge in [-0.25, -0.2) is 0 Å². The first-order chi connectivity index (χ1) is 11.7. The lowest BCUT2D eigenvalue weighted by atomic mass is 9.56. The van der Waals surface area contributed by atoms with Gasteiger partial charge in [-0.05, 0) is 61.3 Å². The maximum absolute atomic E-state index is 11.9. The van der Waals surface area contributed by atoms with Crippen molar-refractivity contribution in [2.45, 2.75) is 72.5 Å². The molecule has 1 aliphatic heterocycles. The molecule has 0 aromatic carbocycles. The Balaban J connectivity index is 2.08. The Morgan fingerprint density at radius 3 is 2.64 bits per heavy atom. The lowest BCUT2D eigenvalue weighted by Gasteiger charge is -2.48. The fraction of sp³-hybridized carbons (Fsp3) is 0.857. The van der Waals surface area contributed by atoms with Crippen LogP contribution in [0.1, 0.15) is 66.2 Å². The van der Waals surface area contributed by atoms with Crippen molar-refractivity contribution < 1.29 is 19.4 Å². The minimum atomic E-state index is -0.728. The topological polar surface area (TPSA) is 55.8 Å². The summed E-state index contributed by atoms with van der Waals surface area (Å²) < 4.78 is 11.5. The monoisotopic (exact) mass is 350 g/mol. The predicted molar refractivity (Wildman–Crippen MR) is 97.1 cm³/mol. The fourth-order valence-electron chi connectivity index (χ4n) is 5.98. The number of hydrogen-bond donors (Lipinski definition) is 1. The number of methoxy groups -OCH3 is 1. The van der Waals surface area contributed by atoms with E-state index in [0.717, 1.165) is 31.3 Å². The van der Waals surface area contributed by atoms with Crippen LogP contribution in [0.25, 0.3) is 0 Å². The van der Waals surface area contributed by atoms with Crippen molar-refractivity contribution >= 4 is 5.97 Å². The molecular formula is C21H34O4. The van der Waals surface area contributed by atoms with Crippen LogP contribution in [0.2, 0.25) is 0 Å². The molecule has 0 radical (unpaired) electrons. The molecule has 2 fully saturated rings. The van der Waals surface area contributed by atoms with Crippen molar-refractivity contribution in [2.24, 2.45) is 28.6 Å². The van der Waals surface area contributed by atoms with Gasteiger partial charge in [0.25, 0.3) is 0 Å². The van der Waals surface area contributed by atoms with E-state index in [4.69, 9.17) is 9.47 Å². The number of rotatable bonds is 4.